The summed E-state index contributed by atoms with van der Waals surface area (Å²) in [6.45, 7) is 5.12. The topological polar surface area (TPSA) is 110 Å². The molecule has 0 bridgehead atoms. The van der Waals surface area contributed by atoms with Crippen molar-refractivity contribution in [3.63, 3.8) is 0 Å². The number of pyridine rings is 2. The number of fused-ring (bicyclic) bond motifs is 2. The molecule has 0 radical (unpaired) electrons. The summed E-state index contributed by atoms with van der Waals surface area (Å²) < 4.78 is 53.7. The van der Waals surface area contributed by atoms with Gasteiger partial charge in [0.25, 0.3) is 0 Å². The Morgan fingerprint density at radius 2 is 1.15 bits per heavy atom. The molecule has 0 spiro atoms. The molecule has 2 aliphatic heterocycles. The lowest BCUT2D eigenvalue weighted by atomic mass is 9.99. The van der Waals surface area contributed by atoms with Crippen molar-refractivity contribution >= 4 is 34.2 Å². The first-order chi connectivity index (χ1) is 23.2. The highest BCUT2D eigenvalue weighted by Gasteiger charge is 2.29. The number of anilines is 2. The Hall–Kier alpha value is -4.96. The molecule has 8 heterocycles. The van der Waals surface area contributed by atoms with Gasteiger partial charge in [-0.05, 0) is 13.8 Å². The van der Waals surface area contributed by atoms with Crippen LogP contribution in [0, 0.1) is 23.7 Å². The molecule has 0 aliphatic carbocycles. The standard InChI is InChI=1S/2C16H13F2N5S/c1-9-11-6-19-16(13-7-24-8-20-13)21-12(11)2-3-23(9)10-4-14(17)22-15(18)5-10;1-9-11-6-19-16(13-7-24-8-20-13)21-12(11)2-3-23(9)15-5-10(17)4-14(18)22-15/h2*4-9H,2-3H2,1H3. The van der Waals surface area contributed by atoms with E-state index in [-0.39, 0.29) is 17.9 Å². The van der Waals surface area contributed by atoms with Crippen LogP contribution < -0.4 is 9.80 Å². The first kappa shape index (κ1) is 31.6. The first-order valence-electron chi connectivity index (χ1n) is 14.9. The summed E-state index contributed by atoms with van der Waals surface area (Å²) >= 11 is 2.99. The van der Waals surface area contributed by atoms with Gasteiger partial charge < -0.3 is 9.80 Å². The molecule has 6 aromatic heterocycles. The Morgan fingerprint density at radius 3 is 1.67 bits per heavy atom. The first-order valence-corrected chi connectivity index (χ1v) is 16.8. The average molecular weight is 691 g/mol. The minimum absolute atomic E-state index is 0.0839. The molecule has 0 N–H and O–H groups in total. The fourth-order valence-corrected chi connectivity index (χ4v) is 6.96. The SMILES string of the molecule is CC1c2cnc(-c3cscn3)nc2CCN1c1cc(F)cc(F)n1.CC1c2cnc(-c3cscn3)nc2CCN1c1cc(F)nc(F)c1. The lowest BCUT2D eigenvalue weighted by molar-refractivity contribution is 0.508. The summed E-state index contributed by atoms with van der Waals surface area (Å²) in [5.41, 5.74) is 9.26. The van der Waals surface area contributed by atoms with Crippen molar-refractivity contribution < 1.29 is 17.6 Å². The molecule has 8 rings (SSSR count). The van der Waals surface area contributed by atoms with Crippen molar-refractivity contribution in [3.05, 3.63) is 105 Å². The molecule has 2 atom stereocenters. The van der Waals surface area contributed by atoms with Gasteiger partial charge >= 0.3 is 0 Å². The van der Waals surface area contributed by atoms with Crippen LogP contribution in [0.4, 0.5) is 29.1 Å². The quantitative estimate of drug-likeness (QED) is 0.145. The normalized spacial score (nSPS) is 17.0. The second kappa shape index (κ2) is 13.3. The summed E-state index contributed by atoms with van der Waals surface area (Å²) in [4.78, 5) is 37.2. The fraction of sp³-hybridized carbons (Fsp3) is 0.250. The molecule has 16 heteroatoms. The van der Waals surface area contributed by atoms with E-state index in [1.54, 1.807) is 23.4 Å². The number of aromatic nitrogens is 8. The zero-order valence-electron chi connectivity index (χ0n) is 25.6. The third-order valence-corrected chi connectivity index (χ3v) is 9.43. The maximum absolute atomic E-state index is 13.5. The fourth-order valence-electron chi connectivity index (χ4n) is 5.90. The predicted molar refractivity (Wildman–Crippen MR) is 174 cm³/mol. The van der Waals surface area contributed by atoms with E-state index in [1.165, 1.54) is 40.9 Å². The lowest BCUT2D eigenvalue weighted by Crippen LogP contribution is -2.35. The maximum atomic E-state index is 13.5. The van der Waals surface area contributed by atoms with Crippen molar-refractivity contribution in [1.82, 2.24) is 39.9 Å². The van der Waals surface area contributed by atoms with Crippen LogP contribution in [0.25, 0.3) is 23.0 Å². The van der Waals surface area contributed by atoms with Gasteiger partial charge in [0.1, 0.15) is 23.0 Å². The van der Waals surface area contributed by atoms with Crippen LogP contribution in [0.15, 0.2) is 58.4 Å². The Bertz CT molecular complexity index is 1880. The molecule has 0 aromatic carbocycles. The molecule has 0 saturated heterocycles. The van der Waals surface area contributed by atoms with Gasteiger partial charge in [0.05, 0.1) is 34.5 Å². The average Bonchev–Trinajstić information content (AvgIpc) is 3.80. The van der Waals surface area contributed by atoms with Crippen LogP contribution in [0.3, 0.4) is 0 Å². The Balaban J connectivity index is 0.000000152. The minimum atomic E-state index is -0.821. The highest BCUT2D eigenvalue weighted by atomic mass is 32.1. The van der Waals surface area contributed by atoms with E-state index in [0.717, 1.165) is 40.0 Å². The van der Waals surface area contributed by atoms with Gasteiger partial charge in [0.15, 0.2) is 11.6 Å². The van der Waals surface area contributed by atoms with Gasteiger partial charge in [0.2, 0.25) is 17.8 Å². The number of hydrogen-bond donors (Lipinski definition) is 0. The van der Waals surface area contributed by atoms with Crippen molar-refractivity contribution in [3.8, 4) is 23.0 Å². The highest BCUT2D eigenvalue weighted by Crippen LogP contribution is 2.34. The van der Waals surface area contributed by atoms with E-state index in [2.05, 4.69) is 39.9 Å². The van der Waals surface area contributed by atoms with Gasteiger partial charge in [0, 0.05) is 90.2 Å². The number of thiazole rings is 2. The van der Waals surface area contributed by atoms with Gasteiger partial charge in [-0.25, -0.2) is 39.3 Å². The third-order valence-electron chi connectivity index (χ3n) is 8.26. The van der Waals surface area contributed by atoms with Gasteiger partial charge in [-0.3, -0.25) is 0 Å². The zero-order valence-corrected chi connectivity index (χ0v) is 27.2. The van der Waals surface area contributed by atoms with Gasteiger partial charge in [-0.1, -0.05) is 0 Å². The maximum Gasteiger partial charge on any atom is 0.217 e. The second-order valence-electron chi connectivity index (χ2n) is 11.1. The summed E-state index contributed by atoms with van der Waals surface area (Å²) in [7, 11) is 0. The number of hydrogen-bond acceptors (Lipinski definition) is 12. The monoisotopic (exact) mass is 690 g/mol. The van der Waals surface area contributed by atoms with E-state index < -0.39 is 23.7 Å². The van der Waals surface area contributed by atoms with Crippen LogP contribution in [0.2, 0.25) is 0 Å². The van der Waals surface area contributed by atoms with Crippen molar-refractivity contribution in [2.45, 2.75) is 38.8 Å². The van der Waals surface area contributed by atoms with E-state index in [0.29, 0.717) is 43.3 Å². The summed E-state index contributed by atoms with van der Waals surface area (Å²) in [6.07, 6.45) is 4.87. The largest absolute Gasteiger partial charge is 0.364 e. The molecule has 2 unspecified atom stereocenters. The highest BCUT2D eigenvalue weighted by molar-refractivity contribution is 7.08. The lowest BCUT2D eigenvalue weighted by Gasteiger charge is -2.36. The molecule has 0 saturated carbocycles. The van der Waals surface area contributed by atoms with Crippen LogP contribution in [-0.4, -0.2) is 53.0 Å². The summed E-state index contributed by atoms with van der Waals surface area (Å²) in [6, 6.07) is 4.31. The summed E-state index contributed by atoms with van der Waals surface area (Å²) in [5.74, 6) is -1.60. The van der Waals surface area contributed by atoms with Crippen molar-refractivity contribution in [2.75, 3.05) is 22.9 Å². The van der Waals surface area contributed by atoms with Crippen molar-refractivity contribution in [2.24, 2.45) is 0 Å². The van der Waals surface area contributed by atoms with Crippen LogP contribution >= 0.6 is 22.7 Å². The van der Waals surface area contributed by atoms with Gasteiger partial charge in [-0.2, -0.15) is 18.2 Å². The van der Waals surface area contributed by atoms with E-state index in [1.807, 2.05) is 34.4 Å². The van der Waals surface area contributed by atoms with Crippen LogP contribution in [0.1, 0.15) is 48.4 Å². The van der Waals surface area contributed by atoms with Crippen molar-refractivity contribution in [1.29, 1.82) is 0 Å². The number of nitrogens with zero attached hydrogens (tertiary/aromatic N) is 10. The van der Waals surface area contributed by atoms with Crippen LogP contribution in [0.5, 0.6) is 0 Å². The number of halogens is 4. The second-order valence-corrected chi connectivity index (χ2v) is 12.6. The van der Waals surface area contributed by atoms with E-state index in [9.17, 15) is 17.6 Å². The molecule has 10 nitrogen and oxygen atoms in total. The van der Waals surface area contributed by atoms with E-state index in [4.69, 9.17) is 0 Å². The van der Waals surface area contributed by atoms with Crippen LogP contribution in [-0.2, 0) is 12.8 Å². The smallest absolute Gasteiger partial charge is 0.217 e. The molecular formula is C32H26F4N10S2. The minimum Gasteiger partial charge on any atom is -0.364 e. The molecular weight excluding hydrogens is 665 g/mol. The van der Waals surface area contributed by atoms with Gasteiger partial charge in [-0.15, -0.1) is 22.7 Å². The molecule has 48 heavy (non-hydrogen) atoms. The summed E-state index contributed by atoms with van der Waals surface area (Å²) in [5, 5.41) is 3.81. The Morgan fingerprint density at radius 1 is 0.625 bits per heavy atom. The predicted octanol–water partition coefficient (Wildman–Crippen LogP) is 6.79. The molecule has 0 amide bonds. The zero-order chi connectivity index (χ0) is 33.4. The number of rotatable bonds is 4. The molecule has 0 fully saturated rings. The Kier molecular flexibility index (Phi) is 8.75. The Labute approximate surface area is 280 Å². The molecule has 244 valence electrons. The molecule has 2 aliphatic rings. The van der Waals surface area contributed by atoms with E-state index >= 15 is 0 Å². The molecule has 6 aromatic rings. The third kappa shape index (κ3) is 6.44.